The smallest absolute Gasteiger partial charge is 0.243 e. The number of sulfonamides is 1. The summed E-state index contributed by atoms with van der Waals surface area (Å²) in [6, 6.07) is 3.01. The molecule has 0 saturated carbocycles. The van der Waals surface area contributed by atoms with Gasteiger partial charge < -0.3 is 10.4 Å². The summed E-state index contributed by atoms with van der Waals surface area (Å²) in [4.78, 5) is 4.30. The molecule has 0 aliphatic rings. The first-order valence-corrected chi connectivity index (χ1v) is 8.16. The molecular formula is C13H23N3O3S. The zero-order chi connectivity index (χ0) is 15.2. The standard InChI is InChI=1S/C13H23N3O3S/c1-4-7-14-13-10-12(5-8-15-13)20(18,19)16(3)9-6-11(2)17/h5,8,10-11,17H,4,6-7,9H2,1-3H3,(H,14,15). The number of rotatable bonds is 8. The minimum Gasteiger partial charge on any atom is -0.393 e. The van der Waals surface area contributed by atoms with Crippen LogP contribution < -0.4 is 5.32 Å². The summed E-state index contributed by atoms with van der Waals surface area (Å²) in [5, 5.41) is 12.3. The van der Waals surface area contributed by atoms with E-state index in [9.17, 15) is 13.5 Å². The van der Waals surface area contributed by atoms with Crippen LogP contribution in [0.2, 0.25) is 0 Å². The molecule has 0 fully saturated rings. The first kappa shape index (κ1) is 16.9. The van der Waals surface area contributed by atoms with E-state index < -0.39 is 16.1 Å². The molecule has 6 nitrogen and oxygen atoms in total. The Morgan fingerprint density at radius 1 is 1.50 bits per heavy atom. The molecular weight excluding hydrogens is 278 g/mol. The van der Waals surface area contributed by atoms with Crippen molar-refractivity contribution in [2.24, 2.45) is 0 Å². The molecule has 1 heterocycles. The van der Waals surface area contributed by atoms with Crippen LogP contribution in [0.4, 0.5) is 5.82 Å². The summed E-state index contributed by atoms with van der Waals surface area (Å²) >= 11 is 0. The third-order valence-electron chi connectivity index (χ3n) is 2.86. The fraction of sp³-hybridized carbons (Fsp3) is 0.615. The van der Waals surface area contributed by atoms with Gasteiger partial charge in [0.05, 0.1) is 11.0 Å². The second-order valence-corrected chi connectivity index (χ2v) is 6.81. The summed E-state index contributed by atoms with van der Waals surface area (Å²) < 4.78 is 26.0. The average Bonchev–Trinajstić information content (AvgIpc) is 2.42. The maximum Gasteiger partial charge on any atom is 0.243 e. The summed E-state index contributed by atoms with van der Waals surface area (Å²) in [6.45, 7) is 4.69. The van der Waals surface area contributed by atoms with Gasteiger partial charge >= 0.3 is 0 Å². The normalized spacial score (nSPS) is 13.4. The van der Waals surface area contributed by atoms with E-state index in [0.29, 0.717) is 12.2 Å². The minimum absolute atomic E-state index is 0.208. The Hall–Kier alpha value is -1.18. The van der Waals surface area contributed by atoms with Crippen molar-refractivity contribution in [1.82, 2.24) is 9.29 Å². The van der Waals surface area contributed by atoms with Gasteiger partial charge in [0, 0.05) is 32.4 Å². The van der Waals surface area contributed by atoms with Gasteiger partial charge in [0.15, 0.2) is 0 Å². The SMILES string of the molecule is CCCNc1cc(S(=O)(=O)N(C)CCC(C)O)ccn1. The van der Waals surface area contributed by atoms with Gasteiger partial charge in [0.1, 0.15) is 5.82 Å². The van der Waals surface area contributed by atoms with Gasteiger partial charge in [0.2, 0.25) is 10.0 Å². The molecule has 114 valence electrons. The van der Waals surface area contributed by atoms with E-state index in [1.165, 1.54) is 29.7 Å². The Balaban J connectivity index is 2.85. The first-order valence-electron chi connectivity index (χ1n) is 6.72. The van der Waals surface area contributed by atoms with Crippen molar-refractivity contribution in [3.63, 3.8) is 0 Å². The van der Waals surface area contributed by atoms with Crippen molar-refractivity contribution in [3.05, 3.63) is 18.3 Å². The van der Waals surface area contributed by atoms with Gasteiger partial charge in [-0.25, -0.2) is 17.7 Å². The van der Waals surface area contributed by atoms with Crippen molar-refractivity contribution in [1.29, 1.82) is 0 Å². The highest BCUT2D eigenvalue weighted by Gasteiger charge is 2.21. The van der Waals surface area contributed by atoms with Crippen molar-refractivity contribution >= 4 is 15.8 Å². The van der Waals surface area contributed by atoms with Crippen molar-refractivity contribution in [2.45, 2.75) is 37.7 Å². The third-order valence-corrected chi connectivity index (χ3v) is 4.71. The van der Waals surface area contributed by atoms with Gasteiger partial charge in [-0.2, -0.15) is 0 Å². The maximum absolute atomic E-state index is 12.4. The Morgan fingerprint density at radius 3 is 2.80 bits per heavy atom. The van der Waals surface area contributed by atoms with Crippen LogP contribution in [0.25, 0.3) is 0 Å². The van der Waals surface area contributed by atoms with Gasteiger partial charge in [0.25, 0.3) is 0 Å². The molecule has 0 aliphatic carbocycles. The topological polar surface area (TPSA) is 82.5 Å². The maximum atomic E-state index is 12.4. The summed E-state index contributed by atoms with van der Waals surface area (Å²) in [6.07, 6.45) is 2.30. The van der Waals surface area contributed by atoms with Crippen LogP contribution >= 0.6 is 0 Å². The van der Waals surface area contributed by atoms with Crippen LogP contribution in [-0.2, 0) is 10.0 Å². The van der Waals surface area contributed by atoms with E-state index in [2.05, 4.69) is 10.3 Å². The van der Waals surface area contributed by atoms with Gasteiger partial charge in [-0.1, -0.05) is 6.92 Å². The molecule has 0 spiro atoms. The summed E-state index contributed by atoms with van der Waals surface area (Å²) in [5.74, 6) is 0.553. The molecule has 0 amide bonds. The fourth-order valence-corrected chi connectivity index (χ4v) is 2.79. The van der Waals surface area contributed by atoms with Crippen molar-refractivity contribution < 1.29 is 13.5 Å². The Labute approximate surface area is 120 Å². The van der Waals surface area contributed by atoms with Gasteiger partial charge in [-0.05, 0) is 25.8 Å². The molecule has 1 aromatic heterocycles. The van der Waals surface area contributed by atoms with Gasteiger partial charge in [-0.3, -0.25) is 0 Å². The lowest BCUT2D eigenvalue weighted by atomic mass is 10.3. The quantitative estimate of drug-likeness (QED) is 0.756. The molecule has 2 N–H and O–H groups in total. The number of aromatic nitrogens is 1. The van der Waals surface area contributed by atoms with Crippen LogP contribution in [0.1, 0.15) is 26.7 Å². The lowest BCUT2D eigenvalue weighted by molar-refractivity contribution is 0.177. The number of aliphatic hydroxyl groups is 1. The fourth-order valence-electron chi connectivity index (χ4n) is 1.59. The van der Waals surface area contributed by atoms with E-state index in [-0.39, 0.29) is 11.4 Å². The van der Waals surface area contributed by atoms with E-state index in [1.807, 2.05) is 6.92 Å². The summed E-state index contributed by atoms with van der Waals surface area (Å²) in [7, 11) is -2.03. The molecule has 20 heavy (non-hydrogen) atoms. The number of pyridine rings is 1. The molecule has 1 aromatic rings. The molecule has 0 aliphatic heterocycles. The average molecular weight is 301 g/mol. The van der Waals surface area contributed by atoms with Crippen LogP contribution in [0.5, 0.6) is 0 Å². The van der Waals surface area contributed by atoms with Crippen LogP contribution in [-0.4, -0.2) is 49.1 Å². The molecule has 1 rings (SSSR count). The highest BCUT2D eigenvalue weighted by atomic mass is 32.2. The van der Waals surface area contributed by atoms with E-state index >= 15 is 0 Å². The number of anilines is 1. The molecule has 1 unspecified atom stereocenters. The predicted molar refractivity (Wildman–Crippen MR) is 79.1 cm³/mol. The lowest BCUT2D eigenvalue weighted by Gasteiger charge is -2.18. The van der Waals surface area contributed by atoms with E-state index in [0.717, 1.165) is 13.0 Å². The zero-order valence-electron chi connectivity index (χ0n) is 12.2. The second-order valence-electron chi connectivity index (χ2n) is 4.77. The lowest BCUT2D eigenvalue weighted by Crippen LogP contribution is -2.29. The van der Waals surface area contributed by atoms with Crippen LogP contribution in [0.3, 0.4) is 0 Å². The van der Waals surface area contributed by atoms with Crippen molar-refractivity contribution in [3.8, 4) is 0 Å². The highest BCUT2D eigenvalue weighted by Crippen LogP contribution is 2.17. The molecule has 0 radical (unpaired) electrons. The Bertz CT molecular complexity index is 517. The number of nitrogens with one attached hydrogen (secondary N) is 1. The number of hydrogen-bond acceptors (Lipinski definition) is 5. The Morgan fingerprint density at radius 2 is 2.20 bits per heavy atom. The molecule has 0 aromatic carbocycles. The number of hydrogen-bond donors (Lipinski definition) is 2. The first-order chi connectivity index (χ1) is 9.37. The van der Waals surface area contributed by atoms with E-state index in [1.54, 1.807) is 6.92 Å². The molecule has 1 atom stereocenters. The monoisotopic (exact) mass is 301 g/mol. The largest absolute Gasteiger partial charge is 0.393 e. The van der Waals surface area contributed by atoms with Crippen molar-refractivity contribution in [2.75, 3.05) is 25.5 Å². The van der Waals surface area contributed by atoms with Crippen LogP contribution in [0, 0.1) is 0 Å². The zero-order valence-corrected chi connectivity index (χ0v) is 13.0. The molecule has 0 bridgehead atoms. The number of aliphatic hydroxyl groups excluding tert-OH is 1. The van der Waals surface area contributed by atoms with Crippen LogP contribution in [0.15, 0.2) is 23.2 Å². The summed E-state index contributed by atoms with van der Waals surface area (Å²) in [5.41, 5.74) is 0. The highest BCUT2D eigenvalue weighted by molar-refractivity contribution is 7.89. The molecule has 7 heteroatoms. The predicted octanol–water partition coefficient (Wildman–Crippen LogP) is 1.29. The number of nitrogens with zero attached hydrogens (tertiary/aromatic N) is 2. The van der Waals surface area contributed by atoms with E-state index in [4.69, 9.17) is 0 Å². The molecule has 0 saturated heterocycles. The van der Waals surface area contributed by atoms with Gasteiger partial charge in [-0.15, -0.1) is 0 Å². The Kier molecular flexibility index (Phi) is 6.38. The third kappa shape index (κ3) is 4.73. The minimum atomic E-state index is -3.54. The second kappa shape index (κ2) is 7.56.